The maximum atomic E-state index is 12.9. The number of hydrogen-bond donors (Lipinski definition) is 2. The first-order chi connectivity index (χ1) is 13.6. The van der Waals surface area contributed by atoms with Crippen LogP contribution in [0.5, 0.6) is 0 Å². The summed E-state index contributed by atoms with van der Waals surface area (Å²) in [7, 11) is 0. The van der Waals surface area contributed by atoms with Gasteiger partial charge in [0.1, 0.15) is 5.82 Å². The number of aromatic nitrogens is 2. The van der Waals surface area contributed by atoms with Gasteiger partial charge in [-0.15, -0.1) is 0 Å². The lowest BCUT2D eigenvalue weighted by molar-refractivity contribution is -0.146. The van der Waals surface area contributed by atoms with E-state index < -0.39 is 0 Å². The molecule has 6 rings (SSSR count). The lowest BCUT2D eigenvalue weighted by atomic mass is 9.49. The Morgan fingerprint density at radius 2 is 1.79 bits per heavy atom. The second-order valence-electron chi connectivity index (χ2n) is 9.78. The Labute approximate surface area is 166 Å². The zero-order chi connectivity index (χ0) is 19.1. The van der Waals surface area contributed by atoms with E-state index in [4.69, 9.17) is 0 Å². The minimum Gasteiger partial charge on any atom is -0.355 e. The molecule has 0 aromatic carbocycles. The first kappa shape index (κ1) is 18.2. The number of fused-ring (bicyclic) bond motifs is 1. The fourth-order valence-electron chi connectivity index (χ4n) is 6.70. The number of imidazole rings is 1. The van der Waals surface area contributed by atoms with Crippen molar-refractivity contribution in [3.05, 3.63) is 17.7 Å². The van der Waals surface area contributed by atoms with Crippen LogP contribution in [-0.4, -0.2) is 27.9 Å². The van der Waals surface area contributed by atoms with Gasteiger partial charge < -0.3 is 15.2 Å². The van der Waals surface area contributed by atoms with Crippen molar-refractivity contribution in [3.63, 3.8) is 0 Å². The molecule has 2 N–H and O–H groups in total. The monoisotopic (exact) mass is 384 g/mol. The third-order valence-electron chi connectivity index (χ3n) is 7.58. The van der Waals surface area contributed by atoms with E-state index in [-0.39, 0.29) is 17.2 Å². The third-order valence-corrected chi connectivity index (χ3v) is 7.58. The van der Waals surface area contributed by atoms with Gasteiger partial charge in [0.15, 0.2) is 0 Å². The zero-order valence-corrected chi connectivity index (χ0v) is 16.7. The molecule has 0 saturated heterocycles. The number of amides is 2. The molecule has 0 spiro atoms. The summed E-state index contributed by atoms with van der Waals surface area (Å²) in [4.78, 5) is 29.7. The molecule has 1 aromatic heterocycles. The van der Waals surface area contributed by atoms with Gasteiger partial charge >= 0.3 is 0 Å². The van der Waals surface area contributed by atoms with E-state index in [0.29, 0.717) is 19.5 Å². The fourth-order valence-corrected chi connectivity index (χ4v) is 6.70. The zero-order valence-electron chi connectivity index (χ0n) is 16.7. The predicted octanol–water partition coefficient (Wildman–Crippen LogP) is 2.56. The molecule has 5 aliphatic rings. The lowest BCUT2D eigenvalue weighted by Crippen LogP contribution is -2.53. The SMILES string of the molecule is O=C(CCNC(=O)C12CC3CC(CC(C3)C1)C2)NCc1cn2c(n1)CCCC2. The first-order valence-electron chi connectivity index (χ1n) is 11.2. The van der Waals surface area contributed by atoms with Gasteiger partial charge in [0.25, 0.3) is 0 Å². The Bertz CT molecular complexity index is 710. The van der Waals surface area contributed by atoms with Gasteiger partial charge in [0.05, 0.1) is 12.2 Å². The molecule has 0 unspecified atom stereocenters. The third kappa shape index (κ3) is 3.46. The second kappa shape index (κ2) is 7.20. The number of carbonyl (C=O) groups is 2. The molecule has 4 aliphatic carbocycles. The molecule has 1 aromatic rings. The summed E-state index contributed by atoms with van der Waals surface area (Å²) < 4.78 is 2.21. The van der Waals surface area contributed by atoms with Crippen molar-refractivity contribution in [1.29, 1.82) is 0 Å². The summed E-state index contributed by atoms with van der Waals surface area (Å²) >= 11 is 0. The van der Waals surface area contributed by atoms with Crippen molar-refractivity contribution in [3.8, 4) is 0 Å². The molecule has 28 heavy (non-hydrogen) atoms. The van der Waals surface area contributed by atoms with Gasteiger partial charge in [0, 0.05) is 37.5 Å². The maximum Gasteiger partial charge on any atom is 0.226 e. The summed E-state index contributed by atoms with van der Waals surface area (Å²) in [6.45, 7) is 1.94. The number of hydrogen-bond acceptors (Lipinski definition) is 3. The molecule has 4 saturated carbocycles. The van der Waals surface area contributed by atoms with Crippen LogP contribution in [0.3, 0.4) is 0 Å². The Hall–Kier alpha value is -1.85. The Morgan fingerprint density at radius 3 is 2.46 bits per heavy atom. The van der Waals surface area contributed by atoms with Gasteiger partial charge in [-0.25, -0.2) is 4.98 Å². The van der Waals surface area contributed by atoms with Gasteiger partial charge in [-0.05, 0) is 69.1 Å². The largest absolute Gasteiger partial charge is 0.355 e. The average molecular weight is 385 g/mol. The van der Waals surface area contributed by atoms with Crippen molar-refractivity contribution in [2.24, 2.45) is 23.2 Å². The molecule has 4 fully saturated rings. The molecule has 1 aliphatic heterocycles. The minimum absolute atomic E-state index is 0.0169. The predicted molar refractivity (Wildman–Crippen MR) is 105 cm³/mol. The van der Waals surface area contributed by atoms with Crippen LogP contribution >= 0.6 is 0 Å². The van der Waals surface area contributed by atoms with Gasteiger partial charge in [-0.2, -0.15) is 0 Å². The van der Waals surface area contributed by atoms with Crippen molar-refractivity contribution >= 4 is 11.8 Å². The van der Waals surface area contributed by atoms with Crippen molar-refractivity contribution in [1.82, 2.24) is 20.2 Å². The molecule has 2 amide bonds. The van der Waals surface area contributed by atoms with Crippen LogP contribution < -0.4 is 10.6 Å². The van der Waals surface area contributed by atoms with Gasteiger partial charge in [-0.1, -0.05) is 0 Å². The molecular weight excluding hydrogens is 352 g/mol. The molecular formula is C22H32N4O2. The van der Waals surface area contributed by atoms with E-state index in [9.17, 15) is 9.59 Å². The van der Waals surface area contributed by atoms with E-state index in [2.05, 4.69) is 26.4 Å². The topological polar surface area (TPSA) is 76.0 Å². The van der Waals surface area contributed by atoms with E-state index in [1.165, 1.54) is 32.1 Å². The standard InChI is InChI=1S/C22H32N4O2/c27-20(24-13-18-14-26-6-2-1-3-19(26)25-18)4-5-23-21(28)22-10-15-7-16(11-22)9-17(8-15)12-22/h14-17H,1-13H2,(H,23,28)(H,24,27). The van der Waals surface area contributed by atoms with Crippen LogP contribution in [0, 0.1) is 23.2 Å². The highest BCUT2D eigenvalue weighted by atomic mass is 16.2. The quantitative estimate of drug-likeness (QED) is 0.791. The molecule has 6 nitrogen and oxygen atoms in total. The molecule has 0 atom stereocenters. The highest BCUT2D eigenvalue weighted by Crippen LogP contribution is 2.60. The van der Waals surface area contributed by atoms with E-state index in [0.717, 1.165) is 61.5 Å². The molecule has 0 radical (unpaired) electrons. The van der Waals surface area contributed by atoms with Gasteiger partial charge in [-0.3, -0.25) is 9.59 Å². The Balaban J connectivity index is 1.07. The molecule has 4 bridgehead atoms. The Kier molecular flexibility index (Phi) is 4.68. The minimum atomic E-state index is -0.124. The van der Waals surface area contributed by atoms with Crippen LogP contribution in [0.2, 0.25) is 0 Å². The summed E-state index contributed by atoms with van der Waals surface area (Å²) in [6, 6.07) is 0. The van der Waals surface area contributed by atoms with Crippen molar-refractivity contribution in [2.75, 3.05) is 6.54 Å². The van der Waals surface area contributed by atoms with Crippen LogP contribution in [0.15, 0.2) is 6.20 Å². The number of nitrogens with one attached hydrogen (secondary N) is 2. The van der Waals surface area contributed by atoms with E-state index in [1.54, 1.807) is 0 Å². The summed E-state index contributed by atoms with van der Waals surface area (Å²) in [5.41, 5.74) is 0.809. The molecule has 152 valence electrons. The normalized spacial score (nSPS) is 32.8. The van der Waals surface area contributed by atoms with E-state index in [1.807, 2.05) is 0 Å². The number of aryl methyl sites for hydroxylation is 2. The fraction of sp³-hybridized carbons (Fsp3) is 0.773. The first-order valence-corrected chi connectivity index (χ1v) is 11.2. The number of carbonyl (C=O) groups excluding carboxylic acids is 2. The van der Waals surface area contributed by atoms with Gasteiger partial charge in [0.2, 0.25) is 11.8 Å². The highest BCUT2D eigenvalue weighted by molar-refractivity contribution is 5.84. The lowest BCUT2D eigenvalue weighted by Gasteiger charge is -2.55. The van der Waals surface area contributed by atoms with E-state index >= 15 is 0 Å². The second-order valence-corrected chi connectivity index (χ2v) is 9.78. The Morgan fingerprint density at radius 1 is 1.07 bits per heavy atom. The number of rotatable bonds is 6. The molecule has 6 heteroatoms. The average Bonchev–Trinajstić information content (AvgIpc) is 3.08. The summed E-state index contributed by atoms with van der Waals surface area (Å²) in [5.74, 6) is 3.62. The number of nitrogens with zero attached hydrogens (tertiary/aromatic N) is 2. The van der Waals surface area contributed by atoms with Crippen LogP contribution in [0.1, 0.15) is 69.3 Å². The highest BCUT2D eigenvalue weighted by Gasteiger charge is 2.54. The maximum absolute atomic E-state index is 12.9. The summed E-state index contributed by atoms with van der Waals surface area (Å²) in [5, 5.41) is 6.04. The van der Waals surface area contributed by atoms with Crippen LogP contribution in [0.4, 0.5) is 0 Å². The van der Waals surface area contributed by atoms with Crippen LogP contribution in [-0.2, 0) is 29.1 Å². The molecule has 2 heterocycles. The van der Waals surface area contributed by atoms with Crippen molar-refractivity contribution in [2.45, 2.75) is 77.3 Å². The smallest absolute Gasteiger partial charge is 0.226 e. The van der Waals surface area contributed by atoms with Crippen LogP contribution in [0.25, 0.3) is 0 Å². The van der Waals surface area contributed by atoms with Crippen molar-refractivity contribution < 1.29 is 9.59 Å². The summed E-state index contributed by atoms with van der Waals surface area (Å²) in [6.07, 6.45) is 13.1.